The molecule has 0 fully saturated rings. The Morgan fingerprint density at radius 3 is 2.58 bits per heavy atom. The fraction of sp³-hybridized carbons (Fsp3) is 0.296. The summed E-state index contributed by atoms with van der Waals surface area (Å²) in [6, 6.07) is 8.22. The summed E-state index contributed by atoms with van der Waals surface area (Å²) in [5, 5.41) is 0. The van der Waals surface area contributed by atoms with Gasteiger partial charge in [-0.2, -0.15) is 0 Å². The lowest BCUT2D eigenvalue weighted by Gasteiger charge is -2.26. The van der Waals surface area contributed by atoms with Gasteiger partial charge in [0.25, 0.3) is 5.56 Å². The highest BCUT2D eigenvalue weighted by Crippen LogP contribution is 2.40. The first kappa shape index (κ1) is 26.1. The summed E-state index contributed by atoms with van der Waals surface area (Å²) in [4.78, 5) is 32.2. The summed E-state index contributed by atoms with van der Waals surface area (Å²) in [5.41, 5.74) is 1.88. The fourth-order valence-corrected chi connectivity index (χ4v) is 6.05. The van der Waals surface area contributed by atoms with Gasteiger partial charge in [0.2, 0.25) is 0 Å². The lowest BCUT2D eigenvalue weighted by Crippen LogP contribution is -2.40. The maximum absolute atomic E-state index is 13.9. The molecule has 0 saturated carbocycles. The number of benzene rings is 2. The molecule has 3 aromatic rings. The molecule has 0 saturated heterocycles. The molecule has 198 valence electrons. The van der Waals surface area contributed by atoms with Crippen LogP contribution < -0.4 is 33.8 Å². The molecule has 0 spiro atoms. The predicted molar refractivity (Wildman–Crippen MR) is 145 cm³/mol. The molecule has 3 heterocycles. The highest BCUT2D eigenvalue weighted by Gasteiger charge is 2.35. The van der Waals surface area contributed by atoms with Gasteiger partial charge in [0.05, 0.1) is 42.7 Å². The third kappa shape index (κ3) is 4.60. The second kappa shape index (κ2) is 10.7. The van der Waals surface area contributed by atoms with E-state index in [2.05, 4.69) is 20.9 Å². The third-order valence-corrected chi connectivity index (χ3v) is 7.85. The van der Waals surface area contributed by atoms with E-state index >= 15 is 0 Å². The number of methoxy groups -OCH3 is 2. The number of allylic oxidation sites excluding steroid dienone is 1. The molecule has 0 unspecified atom stereocenters. The van der Waals surface area contributed by atoms with Crippen LogP contribution in [0.5, 0.6) is 23.0 Å². The quantitative estimate of drug-likeness (QED) is 0.400. The van der Waals surface area contributed by atoms with Crippen molar-refractivity contribution in [3.8, 4) is 23.0 Å². The van der Waals surface area contributed by atoms with Crippen LogP contribution in [-0.4, -0.2) is 44.6 Å². The molecule has 11 heteroatoms. The minimum absolute atomic E-state index is 0.184. The van der Waals surface area contributed by atoms with Gasteiger partial charge in [-0.3, -0.25) is 9.36 Å². The van der Waals surface area contributed by atoms with Crippen LogP contribution in [0.3, 0.4) is 0 Å². The molecule has 2 aromatic carbocycles. The van der Waals surface area contributed by atoms with Crippen molar-refractivity contribution in [1.82, 2.24) is 4.57 Å². The number of halogens is 1. The summed E-state index contributed by atoms with van der Waals surface area (Å²) < 4.78 is 30.3. The van der Waals surface area contributed by atoms with Crippen LogP contribution in [0.25, 0.3) is 6.08 Å². The Hall–Kier alpha value is -3.57. The number of fused-ring (bicyclic) bond motifs is 2. The van der Waals surface area contributed by atoms with E-state index in [1.165, 1.54) is 23.0 Å². The Balaban J connectivity index is 1.72. The third-order valence-electron chi connectivity index (χ3n) is 6.18. The van der Waals surface area contributed by atoms with Crippen molar-refractivity contribution in [1.29, 1.82) is 0 Å². The van der Waals surface area contributed by atoms with Gasteiger partial charge in [0.1, 0.15) is 13.2 Å². The second-order valence-corrected chi connectivity index (χ2v) is 10.3. The smallest absolute Gasteiger partial charge is 0.338 e. The molecule has 9 nitrogen and oxygen atoms in total. The number of nitrogens with zero attached hydrogens (tertiary/aromatic N) is 2. The van der Waals surface area contributed by atoms with E-state index in [0.29, 0.717) is 61.3 Å². The number of esters is 1. The number of carbonyl (C=O) groups excluding carboxylic acids is 1. The largest absolute Gasteiger partial charge is 0.493 e. The van der Waals surface area contributed by atoms with Crippen molar-refractivity contribution in [2.45, 2.75) is 19.9 Å². The van der Waals surface area contributed by atoms with Crippen LogP contribution in [0.4, 0.5) is 0 Å². The van der Waals surface area contributed by atoms with Crippen LogP contribution in [-0.2, 0) is 9.53 Å². The molecule has 0 N–H and O–H groups in total. The first-order valence-corrected chi connectivity index (χ1v) is 13.5. The summed E-state index contributed by atoms with van der Waals surface area (Å²) >= 11 is 4.85. The molecular weight excluding hydrogens is 576 g/mol. The first-order valence-electron chi connectivity index (χ1n) is 11.9. The van der Waals surface area contributed by atoms with E-state index in [4.69, 9.17) is 23.7 Å². The van der Waals surface area contributed by atoms with Gasteiger partial charge in [-0.25, -0.2) is 9.79 Å². The monoisotopic (exact) mass is 600 g/mol. The molecule has 38 heavy (non-hydrogen) atoms. The zero-order valence-electron chi connectivity index (χ0n) is 21.2. The predicted octanol–water partition coefficient (Wildman–Crippen LogP) is 3.35. The van der Waals surface area contributed by atoms with Gasteiger partial charge in [-0.1, -0.05) is 33.3 Å². The molecule has 1 atom stereocenters. The number of ether oxygens (including phenoxy) is 5. The van der Waals surface area contributed by atoms with E-state index in [9.17, 15) is 9.59 Å². The molecule has 0 radical (unpaired) electrons. The molecular formula is C27H25BrN2O7S. The molecule has 0 amide bonds. The maximum Gasteiger partial charge on any atom is 0.338 e. The van der Waals surface area contributed by atoms with E-state index in [0.717, 1.165) is 5.56 Å². The van der Waals surface area contributed by atoms with Gasteiger partial charge >= 0.3 is 5.97 Å². The standard InChI is InChI=1S/C27H25BrN2O7S/c1-5-35-26(32)23-14(2)29-27-30(24(23)16-12-19(33-3)20(34-4)13-17(16)28)25(31)22(38-27)11-15-6-7-18-21(10-15)37-9-8-36-18/h6-7,10-13,24H,5,8-9H2,1-4H3/b22-11-/t24-/m0/s1. The van der Waals surface area contributed by atoms with Crippen molar-refractivity contribution in [3.63, 3.8) is 0 Å². The van der Waals surface area contributed by atoms with E-state index < -0.39 is 12.0 Å². The van der Waals surface area contributed by atoms with Gasteiger partial charge < -0.3 is 23.7 Å². The Kier molecular flexibility index (Phi) is 7.31. The van der Waals surface area contributed by atoms with Crippen molar-refractivity contribution in [3.05, 3.63) is 76.9 Å². The number of carbonyl (C=O) groups is 1. The second-order valence-electron chi connectivity index (χ2n) is 8.43. The van der Waals surface area contributed by atoms with Crippen molar-refractivity contribution >= 4 is 39.3 Å². The number of hydrogen-bond acceptors (Lipinski definition) is 9. The summed E-state index contributed by atoms with van der Waals surface area (Å²) in [7, 11) is 3.07. The Bertz CT molecular complexity index is 1640. The number of thiazole rings is 1. The van der Waals surface area contributed by atoms with E-state index in [1.807, 2.05) is 18.2 Å². The average Bonchev–Trinajstić information content (AvgIpc) is 3.21. The Morgan fingerprint density at radius 1 is 1.16 bits per heavy atom. The normalized spacial score (nSPS) is 16.6. The van der Waals surface area contributed by atoms with E-state index in [-0.39, 0.29) is 17.7 Å². The molecule has 0 aliphatic carbocycles. The Labute approximate surface area is 230 Å². The van der Waals surface area contributed by atoms with Crippen LogP contribution in [0.1, 0.15) is 31.0 Å². The lowest BCUT2D eigenvalue weighted by atomic mass is 9.95. The highest BCUT2D eigenvalue weighted by atomic mass is 79.9. The minimum atomic E-state index is -0.804. The summed E-state index contributed by atoms with van der Waals surface area (Å²) in [6.07, 6.45) is 1.78. The molecule has 5 rings (SSSR count). The first-order chi connectivity index (χ1) is 18.4. The maximum atomic E-state index is 13.9. The molecule has 2 aliphatic heterocycles. The highest BCUT2D eigenvalue weighted by molar-refractivity contribution is 9.10. The zero-order valence-corrected chi connectivity index (χ0v) is 23.6. The average molecular weight is 601 g/mol. The van der Waals surface area contributed by atoms with Crippen molar-refractivity contribution in [2.24, 2.45) is 4.99 Å². The van der Waals surface area contributed by atoms with Crippen molar-refractivity contribution < 1.29 is 28.5 Å². The van der Waals surface area contributed by atoms with Crippen LogP contribution in [0.15, 0.2) is 55.9 Å². The number of hydrogen-bond donors (Lipinski definition) is 0. The van der Waals surface area contributed by atoms with Crippen molar-refractivity contribution in [2.75, 3.05) is 34.0 Å². The Morgan fingerprint density at radius 2 is 1.87 bits per heavy atom. The SMILES string of the molecule is CCOC(=O)C1=C(C)N=c2s/c(=C\c3ccc4c(c3)OCCO4)c(=O)n2[C@H]1c1cc(OC)c(OC)cc1Br. The van der Waals surface area contributed by atoms with Gasteiger partial charge in [-0.05, 0) is 55.3 Å². The minimum Gasteiger partial charge on any atom is -0.493 e. The van der Waals surface area contributed by atoms with Crippen LogP contribution in [0.2, 0.25) is 0 Å². The number of rotatable bonds is 6. The fourth-order valence-electron chi connectivity index (χ4n) is 4.47. The van der Waals surface area contributed by atoms with Gasteiger partial charge in [0.15, 0.2) is 27.8 Å². The van der Waals surface area contributed by atoms with E-state index in [1.54, 1.807) is 39.2 Å². The lowest BCUT2D eigenvalue weighted by molar-refractivity contribution is -0.139. The number of aromatic nitrogens is 1. The van der Waals surface area contributed by atoms with Crippen LogP contribution in [0, 0.1) is 0 Å². The summed E-state index contributed by atoms with van der Waals surface area (Å²) in [6.45, 7) is 4.63. The van der Waals surface area contributed by atoms with Gasteiger partial charge in [0, 0.05) is 4.47 Å². The van der Waals surface area contributed by atoms with Gasteiger partial charge in [-0.15, -0.1) is 0 Å². The van der Waals surface area contributed by atoms with Crippen LogP contribution >= 0.6 is 27.3 Å². The molecule has 2 aliphatic rings. The molecule has 1 aromatic heterocycles. The summed E-state index contributed by atoms with van der Waals surface area (Å²) in [5.74, 6) is 1.73. The zero-order chi connectivity index (χ0) is 27.0. The topological polar surface area (TPSA) is 97.6 Å². The molecule has 0 bridgehead atoms.